The molecule has 1 aromatic carbocycles. The molecule has 1 unspecified atom stereocenters. The molecule has 2 N–H and O–H groups in total. The molecule has 0 spiro atoms. The molecule has 1 aliphatic heterocycles. The highest BCUT2D eigenvalue weighted by Gasteiger charge is 2.19. The van der Waals surface area contributed by atoms with Crippen LogP contribution >= 0.6 is 11.6 Å². The van der Waals surface area contributed by atoms with Gasteiger partial charge in [0.1, 0.15) is 0 Å². The van der Waals surface area contributed by atoms with Crippen molar-refractivity contribution in [2.75, 3.05) is 19.6 Å². The van der Waals surface area contributed by atoms with Crippen LogP contribution in [0.4, 0.5) is 0 Å². The molecule has 1 aromatic rings. The van der Waals surface area contributed by atoms with E-state index < -0.39 is 0 Å². The van der Waals surface area contributed by atoms with Gasteiger partial charge in [-0.15, -0.1) is 0 Å². The number of benzene rings is 1. The fourth-order valence-corrected chi connectivity index (χ4v) is 2.71. The van der Waals surface area contributed by atoms with Crippen LogP contribution in [0, 0.1) is 17.2 Å². The fourth-order valence-electron chi connectivity index (χ4n) is 2.47. The third-order valence-corrected chi connectivity index (χ3v) is 3.86. The molecule has 0 aliphatic carbocycles. The van der Waals surface area contributed by atoms with Gasteiger partial charge in [0.05, 0.1) is 11.6 Å². The van der Waals surface area contributed by atoms with Crippen molar-refractivity contribution in [3.8, 4) is 6.07 Å². The summed E-state index contributed by atoms with van der Waals surface area (Å²) in [6, 6.07) is 7.61. The first-order valence-corrected chi connectivity index (χ1v) is 6.71. The van der Waals surface area contributed by atoms with Crippen LogP contribution in [-0.2, 0) is 6.54 Å². The Balaban J connectivity index is 2.03. The highest BCUT2D eigenvalue weighted by molar-refractivity contribution is 6.31. The van der Waals surface area contributed by atoms with Gasteiger partial charge >= 0.3 is 0 Å². The molecular weight excluding hydrogens is 246 g/mol. The lowest BCUT2D eigenvalue weighted by Gasteiger charge is -2.32. The van der Waals surface area contributed by atoms with E-state index in [1.807, 2.05) is 12.1 Å². The maximum absolute atomic E-state index is 8.81. The predicted octanol–water partition coefficient (Wildman–Crippen LogP) is 2.38. The van der Waals surface area contributed by atoms with Crippen molar-refractivity contribution in [3.05, 3.63) is 34.3 Å². The number of nitrogens with zero attached hydrogens (tertiary/aromatic N) is 2. The van der Waals surface area contributed by atoms with Gasteiger partial charge in [-0.3, -0.25) is 4.90 Å². The summed E-state index contributed by atoms with van der Waals surface area (Å²) in [5.74, 6) is 0.607. The maximum Gasteiger partial charge on any atom is 0.0992 e. The van der Waals surface area contributed by atoms with Crippen LogP contribution in [0.3, 0.4) is 0 Å². The number of nitrogens with two attached hydrogens (primary N) is 1. The van der Waals surface area contributed by atoms with Crippen LogP contribution in [-0.4, -0.2) is 24.5 Å². The second kappa shape index (κ2) is 6.19. The number of halogens is 1. The summed E-state index contributed by atoms with van der Waals surface area (Å²) in [5.41, 5.74) is 7.44. The molecule has 0 aromatic heterocycles. The Morgan fingerprint density at radius 2 is 2.33 bits per heavy atom. The third kappa shape index (κ3) is 3.23. The molecule has 0 radical (unpaired) electrons. The van der Waals surface area contributed by atoms with Crippen LogP contribution in [0.2, 0.25) is 5.02 Å². The number of rotatable bonds is 3. The SMILES string of the molecule is N#Cc1ccc(CN2CCCC(CN)C2)c(Cl)c1. The van der Waals surface area contributed by atoms with E-state index in [4.69, 9.17) is 22.6 Å². The monoisotopic (exact) mass is 263 g/mol. The molecule has 18 heavy (non-hydrogen) atoms. The molecule has 1 aliphatic rings. The average Bonchev–Trinajstić information content (AvgIpc) is 2.41. The van der Waals surface area contributed by atoms with Crippen LogP contribution in [0.5, 0.6) is 0 Å². The molecule has 1 fully saturated rings. The van der Waals surface area contributed by atoms with Crippen molar-refractivity contribution < 1.29 is 0 Å². The highest BCUT2D eigenvalue weighted by Crippen LogP contribution is 2.22. The Morgan fingerprint density at radius 1 is 1.50 bits per heavy atom. The normalized spacial score (nSPS) is 20.6. The molecule has 0 amide bonds. The predicted molar refractivity (Wildman–Crippen MR) is 73.2 cm³/mol. The molecule has 4 heteroatoms. The largest absolute Gasteiger partial charge is 0.330 e. The zero-order valence-electron chi connectivity index (χ0n) is 10.4. The second-order valence-electron chi connectivity index (χ2n) is 4.90. The van der Waals surface area contributed by atoms with Gasteiger partial charge in [-0.1, -0.05) is 17.7 Å². The Morgan fingerprint density at radius 3 is 3.00 bits per heavy atom. The summed E-state index contributed by atoms with van der Waals surface area (Å²) in [6.07, 6.45) is 2.43. The van der Waals surface area contributed by atoms with Gasteiger partial charge in [0, 0.05) is 18.1 Å². The van der Waals surface area contributed by atoms with Gasteiger partial charge in [0.2, 0.25) is 0 Å². The van der Waals surface area contributed by atoms with Crippen LogP contribution < -0.4 is 5.73 Å². The quantitative estimate of drug-likeness (QED) is 0.911. The van der Waals surface area contributed by atoms with Gasteiger partial charge in [-0.25, -0.2) is 0 Å². The highest BCUT2D eigenvalue weighted by atomic mass is 35.5. The van der Waals surface area contributed by atoms with E-state index in [-0.39, 0.29) is 0 Å². The Kier molecular flexibility index (Phi) is 4.60. The standard InChI is InChI=1S/C14H18ClN3/c15-14-6-11(7-16)3-4-13(14)10-18-5-1-2-12(8-17)9-18/h3-4,6,12H,1-2,5,8-10,17H2. The number of hydrogen-bond donors (Lipinski definition) is 1. The summed E-state index contributed by atoms with van der Waals surface area (Å²) < 4.78 is 0. The first-order valence-electron chi connectivity index (χ1n) is 6.34. The molecule has 0 bridgehead atoms. The zero-order chi connectivity index (χ0) is 13.0. The first kappa shape index (κ1) is 13.4. The summed E-state index contributed by atoms with van der Waals surface area (Å²) in [4.78, 5) is 2.40. The van der Waals surface area contributed by atoms with E-state index >= 15 is 0 Å². The minimum atomic E-state index is 0.607. The van der Waals surface area contributed by atoms with E-state index in [9.17, 15) is 0 Å². The summed E-state index contributed by atoms with van der Waals surface area (Å²) in [6.45, 7) is 3.76. The lowest BCUT2D eigenvalue weighted by Crippen LogP contribution is -2.37. The molecule has 96 valence electrons. The van der Waals surface area contributed by atoms with Gasteiger partial charge in [0.15, 0.2) is 0 Å². The van der Waals surface area contributed by atoms with Crippen LogP contribution in [0.15, 0.2) is 18.2 Å². The maximum atomic E-state index is 8.81. The van der Waals surface area contributed by atoms with Gasteiger partial charge in [-0.2, -0.15) is 5.26 Å². The Hall–Kier alpha value is -1.08. The molecule has 0 saturated carbocycles. The van der Waals surface area contributed by atoms with E-state index in [0.717, 1.165) is 31.7 Å². The smallest absolute Gasteiger partial charge is 0.0992 e. The second-order valence-corrected chi connectivity index (χ2v) is 5.30. The summed E-state index contributed by atoms with van der Waals surface area (Å²) in [7, 11) is 0. The molecule has 1 heterocycles. The summed E-state index contributed by atoms with van der Waals surface area (Å²) >= 11 is 6.20. The van der Waals surface area contributed by atoms with Crippen LogP contribution in [0.25, 0.3) is 0 Å². The number of nitriles is 1. The fraction of sp³-hybridized carbons (Fsp3) is 0.500. The van der Waals surface area contributed by atoms with Gasteiger partial charge in [-0.05, 0) is 49.5 Å². The third-order valence-electron chi connectivity index (χ3n) is 3.51. The first-order chi connectivity index (χ1) is 8.72. The summed E-state index contributed by atoms with van der Waals surface area (Å²) in [5, 5.41) is 9.49. The lowest BCUT2D eigenvalue weighted by molar-refractivity contribution is 0.171. The number of hydrogen-bond acceptors (Lipinski definition) is 3. The number of piperidine rings is 1. The lowest BCUT2D eigenvalue weighted by atomic mass is 9.98. The molecule has 3 nitrogen and oxygen atoms in total. The van der Waals surface area contributed by atoms with E-state index in [0.29, 0.717) is 16.5 Å². The Labute approximate surface area is 113 Å². The van der Waals surface area contributed by atoms with E-state index in [1.54, 1.807) is 6.07 Å². The molecule has 1 saturated heterocycles. The van der Waals surface area contributed by atoms with Crippen molar-refractivity contribution in [1.29, 1.82) is 5.26 Å². The van der Waals surface area contributed by atoms with Crippen molar-refractivity contribution in [1.82, 2.24) is 4.90 Å². The van der Waals surface area contributed by atoms with Crippen molar-refractivity contribution in [3.63, 3.8) is 0 Å². The van der Waals surface area contributed by atoms with Crippen molar-refractivity contribution >= 4 is 11.6 Å². The minimum absolute atomic E-state index is 0.607. The van der Waals surface area contributed by atoms with Crippen LogP contribution in [0.1, 0.15) is 24.0 Å². The van der Waals surface area contributed by atoms with Gasteiger partial charge < -0.3 is 5.73 Å². The Bertz CT molecular complexity index is 453. The molecule has 2 rings (SSSR count). The van der Waals surface area contributed by atoms with Crippen molar-refractivity contribution in [2.24, 2.45) is 11.7 Å². The van der Waals surface area contributed by atoms with Gasteiger partial charge in [0.25, 0.3) is 0 Å². The zero-order valence-corrected chi connectivity index (χ0v) is 11.2. The number of likely N-dealkylation sites (tertiary alicyclic amines) is 1. The van der Waals surface area contributed by atoms with E-state index in [2.05, 4.69) is 11.0 Å². The van der Waals surface area contributed by atoms with Crippen molar-refractivity contribution in [2.45, 2.75) is 19.4 Å². The topological polar surface area (TPSA) is 53.0 Å². The van der Waals surface area contributed by atoms with E-state index in [1.165, 1.54) is 12.8 Å². The molecule has 1 atom stereocenters. The average molecular weight is 264 g/mol. The molecular formula is C14H18ClN3. The minimum Gasteiger partial charge on any atom is -0.330 e.